The molecule has 0 aliphatic heterocycles. The fourth-order valence-corrected chi connectivity index (χ4v) is 2.98. The molecule has 0 saturated heterocycles. The van der Waals surface area contributed by atoms with E-state index in [2.05, 4.69) is 20.9 Å². The van der Waals surface area contributed by atoms with Crippen LogP contribution in [0.3, 0.4) is 0 Å². The fourth-order valence-electron chi connectivity index (χ4n) is 2.13. The summed E-state index contributed by atoms with van der Waals surface area (Å²) < 4.78 is 13.2. The van der Waals surface area contributed by atoms with Crippen molar-refractivity contribution in [2.24, 2.45) is 0 Å². The number of H-pyrrole nitrogens is 1. The smallest absolute Gasteiger partial charge is 0.123 e. The van der Waals surface area contributed by atoms with E-state index in [0.717, 1.165) is 33.1 Å². The van der Waals surface area contributed by atoms with Crippen molar-refractivity contribution in [3.8, 4) is 0 Å². The Hall–Kier alpha value is -2.01. The maximum atomic E-state index is 13.2. The minimum absolute atomic E-state index is 0.210. The molecule has 0 aliphatic carbocycles. The third-order valence-corrected chi connectivity index (χ3v) is 4.22. The van der Waals surface area contributed by atoms with Gasteiger partial charge in [-0.25, -0.2) is 4.39 Å². The number of nitrogens with zero attached hydrogens (tertiary/aromatic N) is 2. The quantitative estimate of drug-likeness (QED) is 0.737. The number of thioether (sulfide) groups is 1. The molecule has 0 fully saturated rings. The van der Waals surface area contributed by atoms with Crippen LogP contribution < -0.4 is 4.90 Å². The second kappa shape index (κ2) is 5.77. The number of benzene rings is 1. The van der Waals surface area contributed by atoms with Crippen LogP contribution in [-0.2, 0) is 5.75 Å². The summed E-state index contributed by atoms with van der Waals surface area (Å²) >= 11 is 1.67. The number of pyridine rings is 1. The molecule has 108 valence electrons. The molecule has 0 aliphatic rings. The second-order valence-electron chi connectivity index (χ2n) is 5.05. The normalized spacial score (nSPS) is 11.0. The summed E-state index contributed by atoms with van der Waals surface area (Å²) in [6.07, 6.45) is 1.83. The Bertz CT molecular complexity index is 767. The zero-order valence-corrected chi connectivity index (χ0v) is 12.7. The van der Waals surface area contributed by atoms with Crippen molar-refractivity contribution in [1.29, 1.82) is 0 Å². The van der Waals surface area contributed by atoms with Crippen LogP contribution in [0.5, 0.6) is 0 Å². The molecule has 1 aromatic carbocycles. The summed E-state index contributed by atoms with van der Waals surface area (Å²) in [5.41, 5.74) is 3.12. The van der Waals surface area contributed by atoms with E-state index in [0.29, 0.717) is 0 Å². The molecule has 0 amide bonds. The molecule has 1 N–H and O–H groups in total. The predicted octanol–water partition coefficient (Wildman–Crippen LogP) is 4.06. The van der Waals surface area contributed by atoms with E-state index in [1.807, 2.05) is 32.4 Å². The van der Waals surface area contributed by atoms with Crippen LogP contribution >= 0.6 is 11.8 Å². The lowest BCUT2D eigenvalue weighted by molar-refractivity contribution is 0.630. The van der Waals surface area contributed by atoms with Gasteiger partial charge in [-0.15, -0.1) is 11.8 Å². The van der Waals surface area contributed by atoms with E-state index in [4.69, 9.17) is 0 Å². The van der Waals surface area contributed by atoms with E-state index >= 15 is 0 Å². The van der Waals surface area contributed by atoms with Gasteiger partial charge in [0.25, 0.3) is 0 Å². The predicted molar refractivity (Wildman–Crippen MR) is 86.4 cm³/mol. The van der Waals surface area contributed by atoms with Gasteiger partial charge in [-0.05, 0) is 36.4 Å². The Morgan fingerprint density at radius 3 is 2.86 bits per heavy atom. The standard InChI is InChI=1S/C16H16FN3S/c1-20(2)14-5-6-18-13(9-14)10-21-16-8-11-7-12(17)3-4-15(11)19-16/h3-9,19H,10H2,1-2H3. The highest BCUT2D eigenvalue weighted by Crippen LogP contribution is 2.26. The molecule has 5 heteroatoms. The van der Waals surface area contributed by atoms with Crippen LogP contribution in [0.1, 0.15) is 5.69 Å². The van der Waals surface area contributed by atoms with Crippen molar-refractivity contribution >= 4 is 28.4 Å². The van der Waals surface area contributed by atoms with Crippen LogP contribution in [0.4, 0.5) is 10.1 Å². The van der Waals surface area contributed by atoms with Crippen molar-refractivity contribution in [2.75, 3.05) is 19.0 Å². The number of anilines is 1. The Kier molecular flexibility index (Phi) is 3.84. The van der Waals surface area contributed by atoms with Crippen molar-refractivity contribution in [3.63, 3.8) is 0 Å². The van der Waals surface area contributed by atoms with Gasteiger partial charge in [0.05, 0.1) is 10.7 Å². The molecule has 0 unspecified atom stereocenters. The lowest BCUT2D eigenvalue weighted by Gasteiger charge is -2.12. The number of aromatic nitrogens is 2. The van der Waals surface area contributed by atoms with Gasteiger partial charge in [-0.3, -0.25) is 4.98 Å². The monoisotopic (exact) mass is 301 g/mol. The number of hydrogen-bond donors (Lipinski definition) is 1. The molecule has 2 heterocycles. The molecule has 3 nitrogen and oxygen atoms in total. The Labute approximate surface area is 127 Å². The average Bonchev–Trinajstić information content (AvgIpc) is 2.87. The number of nitrogens with one attached hydrogen (secondary N) is 1. The Balaban J connectivity index is 1.75. The lowest BCUT2D eigenvalue weighted by atomic mass is 10.2. The van der Waals surface area contributed by atoms with Gasteiger partial charge in [0.1, 0.15) is 5.82 Å². The number of aromatic amines is 1. The van der Waals surface area contributed by atoms with Crippen LogP contribution in [0.2, 0.25) is 0 Å². The summed E-state index contributed by atoms with van der Waals surface area (Å²) in [7, 11) is 4.02. The van der Waals surface area contributed by atoms with Gasteiger partial charge in [0.2, 0.25) is 0 Å². The number of rotatable bonds is 4. The van der Waals surface area contributed by atoms with Crippen LogP contribution in [0.25, 0.3) is 10.9 Å². The first-order chi connectivity index (χ1) is 10.1. The molecule has 0 saturated carbocycles. The van der Waals surface area contributed by atoms with Crippen LogP contribution in [-0.4, -0.2) is 24.1 Å². The fraction of sp³-hybridized carbons (Fsp3) is 0.188. The topological polar surface area (TPSA) is 31.9 Å². The van der Waals surface area contributed by atoms with Gasteiger partial charge in [0, 0.05) is 42.6 Å². The second-order valence-corrected chi connectivity index (χ2v) is 6.07. The molecule has 21 heavy (non-hydrogen) atoms. The van der Waals surface area contributed by atoms with Gasteiger partial charge in [-0.1, -0.05) is 0 Å². The van der Waals surface area contributed by atoms with Crippen molar-refractivity contribution in [1.82, 2.24) is 9.97 Å². The van der Waals surface area contributed by atoms with Gasteiger partial charge < -0.3 is 9.88 Å². The van der Waals surface area contributed by atoms with Crippen molar-refractivity contribution in [2.45, 2.75) is 10.8 Å². The summed E-state index contributed by atoms with van der Waals surface area (Å²) in [5.74, 6) is 0.565. The summed E-state index contributed by atoms with van der Waals surface area (Å²) in [5, 5.41) is 1.92. The molecule has 0 atom stereocenters. The largest absolute Gasteiger partial charge is 0.378 e. The van der Waals surface area contributed by atoms with Gasteiger partial charge in [-0.2, -0.15) is 0 Å². The lowest BCUT2D eigenvalue weighted by Crippen LogP contribution is -2.09. The zero-order chi connectivity index (χ0) is 14.8. The SMILES string of the molecule is CN(C)c1ccnc(CSc2cc3cc(F)ccc3[nH]2)c1. The molecule has 0 spiro atoms. The van der Waals surface area contributed by atoms with Crippen molar-refractivity contribution < 1.29 is 4.39 Å². The van der Waals surface area contributed by atoms with Crippen LogP contribution in [0.15, 0.2) is 47.6 Å². The average molecular weight is 301 g/mol. The maximum Gasteiger partial charge on any atom is 0.123 e. The maximum absolute atomic E-state index is 13.2. The molecule has 3 aromatic rings. The molecule has 2 aromatic heterocycles. The van der Waals surface area contributed by atoms with E-state index < -0.39 is 0 Å². The van der Waals surface area contributed by atoms with Gasteiger partial charge in [0.15, 0.2) is 0 Å². The number of fused-ring (bicyclic) bond motifs is 1. The first-order valence-corrected chi connectivity index (χ1v) is 7.64. The minimum atomic E-state index is -0.210. The highest BCUT2D eigenvalue weighted by atomic mass is 32.2. The first-order valence-electron chi connectivity index (χ1n) is 6.65. The first kappa shape index (κ1) is 13.9. The summed E-state index contributed by atoms with van der Waals surface area (Å²) in [6, 6.07) is 10.8. The summed E-state index contributed by atoms with van der Waals surface area (Å²) in [4.78, 5) is 9.73. The zero-order valence-electron chi connectivity index (χ0n) is 11.9. The Morgan fingerprint density at radius 2 is 2.05 bits per heavy atom. The van der Waals surface area contributed by atoms with Crippen LogP contribution in [0, 0.1) is 5.82 Å². The van der Waals surface area contributed by atoms with E-state index in [1.54, 1.807) is 23.9 Å². The molecule has 0 bridgehead atoms. The van der Waals surface area contributed by atoms with E-state index in [1.165, 1.54) is 6.07 Å². The number of halogens is 1. The highest BCUT2D eigenvalue weighted by molar-refractivity contribution is 7.98. The Morgan fingerprint density at radius 1 is 1.19 bits per heavy atom. The van der Waals surface area contributed by atoms with Gasteiger partial charge >= 0.3 is 0 Å². The third kappa shape index (κ3) is 3.19. The van der Waals surface area contributed by atoms with E-state index in [9.17, 15) is 4.39 Å². The molecular formula is C16H16FN3S. The highest BCUT2D eigenvalue weighted by Gasteiger charge is 2.05. The summed E-state index contributed by atoms with van der Waals surface area (Å²) in [6.45, 7) is 0. The molecule has 0 radical (unpaired) electrons. The van der Waals surface area contributed by atoms with E-state index in [-0.39, 0.29) is 5.82 Å². The third-order valence-electron chi connectivity index (χ3n) is 3.25. The number of hydrogen-bond acceptors (Lipinski definition) is 3. The molecular weight excluding hydrogens is 285 g/mol. The minimum Gasteiger partial charge on any atom is -0.378 e. The van der Waals surface area contributed by atoms with Crippen molar-refractivity contribution in [3.05, 3.63) is 54.1 Å². The molecule has 3 rings (SSSR count).